The summed E-state index contributed by atoms with van der Waals surface area (Å²) < 4.78 is 0. The zero-order valence-corrected chi connectivity index (χ0v) is 16.1. The Morgan fingerprint density at radius 1 is 1.00 bits per heavy atom. The van der Waals surface area contributed by atoms with Gasteiger partial charge in [0.1, 0.15) is 12.1 Å². The van der Waals surface area contributed by atoms with Crippen LogP contribution in [-0.4, -0.2) is 46.8 Å². The van der Waals surface area contributed by atoms with E-state index in [1.54, 1.807) is 11.8 Å². The molecular weight excluding hydrogens is 318 g/mol. The van der Waals surface area contributed by atoms with Crippen LogP contribution in [0.25, 0.3) is 0 Å². The number of rotatable bonds is 4. The predicted molar refractivity (Wildman–Crippen MR) is 96.8 cm³/mol. The summed E-state index contributed by atoms with van der Waals surface area (Å²) in [6.45, 7) is 8.04. The molecule has 0 aromatic rings. The highest BCUT2D eigenvalue weighted by Crippen LogP contribution is 2.28. The van der Waals surface area contributed by atoms with Crippen LogP contribution in [0.15, 0.2) is 0 Å². The first-order valence-electron chi connectivity index (χ1n) is 9.62. The van der Waals surface area contributed by atoms with Gasteiger partial charge in [-0.2, -0.15) is 0 Å². The monoisotopic (exact) mass is 351 g/mol. The van der Waals surface area contributed by atoms with Crippen LogP contribution in [0.4, 0.5) is 0 Å². The average molecular weight is 351 g/mol. The lowest BCUT2D eigenvalue weighted by Crippen LogP contribution is -2.55. The van der Waals surface area contributed by atoms with E-state index in [4.69, 9.17) is 0 Å². The van der Waals surface area contributed by atoms with E-state index in [1.165, 1.54) is 6.42 Å². The number of amides is 3. The van der Waals surface area contributed by atoms with Crippen LogP contribution in [0.1, 0.15) is 72.6 Å². The van der Waals surface area contributed by atoms with Gasteiger partial charge in [0.05, 0.1) is 0 Å². The zero-order valence-electron chi connectivity index (χ0n) is 16.1. The fourth-order valence-corrected chi connectivity index (χ4v) is 3.74. The van der Waals surface area contributed by atoms with Gasteiger partial charge in [0.2, 0.25) is 17.7 Å². The second kappa shape index (κ2) is 8.19. The number of carbonyl (C=O) groups is 3. The van der Waals surface area contributed by atoms with E-state index in [0.29, 0.717) is 13.0 Å². The van der Waals surface area contributed by atoms with Gasteiger partial charge in [-0.15, -0.1) is 0 Å². The molecule has 0 radical (unpaired) electrons. The summed E-state index contributed by atoms with van der Waals surface area (Å²) in [6.07, 6.45) is 6.81. The first-order chi connectivity index (χ1) is 11.7. The van der Waals surface area contributed by atoms with E-state index in [2.05, 4.69) is 10.6 Å². The van der Waals surface area contributed by atoms with Gasteiger partial charge in [0.15, 0.2) is 0 Å². The maximum absolute atomic E-state index is 12.8. The summed E-state index contributed by atoms with van der Waals surface area (Å²) in [5.74, 6) is -0.213. The Balaban J connectivity index is 1.93. The Hall–Kier alpha value is -1.59. The molecule has 3 amide bonds. The Morgan fingerprint density at radius 2 is 1.64 bits per heavy atom. The molecule has 2 fully saturated rings. The highest BCUT2D eigenvalue weighted by Gasteiger charge is 2.38. The fraction of sp³-hybridized carbons (Fsp3) is 0.842. The summed E-state index contributed by atoms with van der Waals surface area (Å²) >= 11 is 0. The molecule has 2 rings (SSSR count). The third-order valence-electron chi connectivity index (χ3n) is 5.04. The van der Waals surface area contributed by atoms with Gasteiger partial charge in [-0.1, -0.05) is 19.3 Å². The zero-order chi connectivity index (χ0) is 18.6. The van der Waals surface area contributed by atoms with E-state index in [9.17, 15) is 14.4 Å². The van der Waals surface area contributed by atoms with E-state index in [1.807, 2.05) is 20.8 Å². The molecule has 1 saturated carbocycles. The summed E-state index contributed by atoms with van der Waals surface area (Å²) in [4.78, 5) is 39.3. The molecule has 1 aliphatic heterocycles. The van der Waals surface area contributed by atoms with Gasteiger partial charge in [-0.05, 0) is 53.4 Å². The summed E-state index contributed by atoms with van der Waals surface area (Å²) in [7, 11) is 0. The van der Waals surface area contributed by atoms with Gasteiger partial charge in [0, 0.05) is 18.0 Å². The van der Waals surface area contributed by atoms with Gasteiger partial charge >= 0.3 is 0 Å². The molecule has 2 unspecified atom stereocenters. The molecular formula is C19H33N3O3. The van der Waals surface area contributed by atoms with Crippen molar-refractivity contribution in [3.8, 4) is 0 Å². The Labute approximate surface area is 151 Å². The van der Waals surface area contributed by atoms with Crippen molar-refractivity contribution in [3.05, 3.63) is 0 Å². The number of carbonyl (C=O) groups excluding carboxylic acids is 3. The van der Waals surface area contributed by atoms with Crippen LogP contribution < -0.4 is 10.6 Å². The number of nitrogens with one attached hydrogen (secondary N) is 2. The van der Waals surface area contributed by atoms with Crippen molar-refractivity contribution >= 4 is 17.7 Å². The van der Waals surface area contributed by atoms with E-state index in [0.717, 1.165) is 32.1 Å². The van der Waals surface area contributed by atoms with Gasteiger partial charge in [0.25, 0.3) is 0 Å². The quantitative estimate of drug-likeness (QED) is 0.813. The lowest BCUT2D eigenvalue weighted by Gasteiger charge is -2.31. The van der Waals surface area contributed by atoms with Crippen LogP contribution in [0.5, 0.6) is 0 Å². The number of hydrogen-bond donors (Lipinski definition) is 2. The highest BCUT2D eigenvalue weighted by atomic mass is 16.2. The van der Waals surface area contributed by atoms with Crippen LogP contribution in [0, 0.1) is 5.92 Å². The van der Waals surface area contributed by atoms with E-state index in [-0.39, 0.29) is 29.2 Å². The molecule has 2 aliphatic rings. The van der Waals surface area contributed by atoms with Crippen molar-refractivity contribution in [2.45, 2.75) is 90.3 Å². The summed E-state index contributed by atoms with van der Waals surface area (Å²) in [5, 5.41) is 5.65. The second-order valence-corrected chi connectivity index (χ2v) is 8.49. The third-order valence-corrected chi connectivity index (χ3v) is 5.04. The van der Waals surface area contributed by atoms with Crippen molar-refractivity contribution in [1.82, 2.24) is 15.5 Å². The van der Waals surface area contributed by atoms with Crippen molar-refractivity contribution in [2.24, 2.45) is 5.92 Å². The number of hydrogen-bond acceptors (Lipinski definition) is 3. The van der Waals surface area contributed by atoms with Crippen molar-refractivity contribution in [2.75, 3.05) is 6.54 Å². The summed E-state index contributed by atoms with van der Waals surface area (Å²) in [6, 6.07) is -1.04. The van der Waals surface area contributed by atoms with Crippen molar-refractivity contribution < 1.29 is 14.4 Å². The van der Waals surface area contributed by atoms with Gasteiger partial charge in [-0.3, -0.25) is 14.4 Å². The average Bonchev–Trinajstić information content (AvgIpc) is 3.03. The maximum Gasteiger partial charge on any atom is 0.243 e. The lowest BCUT2D eigenvalue weighted by atomic mass is 9.88. The molecule has 0 spiro atoms. The molecule has 0 aromatic heterocycles. The topological polar surface area (TPSA) is 78.5 Å². The van der Waals surface area contributed by atoms with Crippen LogP contribution in [0.2, 0.25) is 0 Å². The smallest absolute Gasteiger partial charge is 0.243 e. The van der Waals surface area contributed by atoms with Crippen LogP contribution in [-0.2, 0) is 14.4 Å². The SMILES string of the molecule is CC(NC(=O)C1CCCN1C(=O)C1CCCCC1)C(=O)NC(C)(C)C. The molecule has 1 saturated heterocycles. The molecule has 25 heavy (non-hydrogen) atoms. The Bertz CT molecular complexity index is 507. The maximum atomic E-state index is 12.8. The molecule has 6 nitrogen and oxygen atoms in total. The van der Waals surface area contributed by atoms with Crippen molar-refractivity contribution in [1.29, 1.82) is 0 Å². The second-order valence-electron chi connectivity index (χ2n) is 8.49. The molecule has 0 aromatic carbocycles. The molecule has 1 aliphatic carbocycles. The standard InChI is InChI=1S/C19H33N3O3/c1-13(16(23)21-19(2,3)4)20-17(24)15-11-8-12-22(15)18(25)14-9-6-5-7-10-14/h13-15H,5-12H2,1-4H3,(H,20,24)(H,21,23). The van der Waals surface area contributed by atoms with E-state index >= 15 is 0 Å². The third kappa shape index (κ3) is 5.44. The van der Waals surface area contributed by atoms with Crippen molar-refractivity contribution in [3.63, 3.8) is 0 Å². The molecule has 0 bridgehead atoms. The normalized spacial score (nSPS) is 23.2. The first kappa shape index (κ1) is 19.7. The molecule has 6 heteroatoms. The fourth-order valence-electron chi connectivity index (χ4n) is 3.74. The Kier molecular flexibility index (Phi) is 6.47. The van der Waals surface area contributed by atoms with E-state index < -0.39 is 12.1 Å². The molecule has 142 valence electrons. The molecule has 2 N–H and O–H groups in total. The first-order valence-corrected chi connectivity index (χ1v) is 9.62. The van der Waals surface area contributed by atoms with Crippen LogP contribution >= 0.6 is 0 Å². The van der Waals surface area contributed by atoms with Gasteiger partial charge < -0.3 is 15.5 Å². The highest BCUT2D eigenvalue weighted by molar-refractivity contribution is 5.92. The predicted octanol–water partition coefficient (Wildman–Crippen LogP) is 1.98. The minimum Gasteiger partial charge on any atom is -0.350 e. The number of nitrogens with zero attached hydrogens (tertiary/aromatic N) is 1. The van der Waals surface area contributed by atoms with Crippen LogP contribution in [0.3, 0.4) is 0 Å². The lowest BCUT2D eigenvalue weighted by molar-refractivity contribution is -0.143. The summed E-state index contributed by atoms with van der Waals surface area (Å²) in [5.41, 5.74) is -0.341. The minimum absolute atomic E-state index is 0.0729. The molecule has 1 heterocycles. The Morgan fingerprint density at radius 3 is 2.24 bits per heavy atom. The number of likely N-dealkylation sites (tertiary alicyclic amines) is 1. The van der Waals surface area contributed by atoms with Gasteiger partial charge in [-0.25, -0.2) is 0 Å². The molecule has 2 atom stereocenters. The largest absolute Gasteiger partial charge is 0.350 e. The minimum atomic E-state index is -0.612.